The highest BCUT2D eigenvalue weighted by atomic mass is 32.2. The number of amides is 2. The lowest BCUT2D eigenvalue weighted by Gasteiger charge is -2.32. The third-order valence-electron chi connectivity index (χ3n) is 6.67. The van der Waals surface area contributed by atoms with Crippen molar-refractivity contribution in [1.82, 2.24) is 10.2 Å². The minimum atomic E-state index is -3.63. The second-order valence-corrected chi connectivity index (χ2v) is 11.5. The van der Waals surface area contributed by atoms with Crippen LogP contribution in [0, 0.1) is 0 Å². The highest BCUT2D eigenvalue weighted by Crippen LogP contribution is 2.36. The van der Waals surface area contributed by atoms with Crippen molar-refractivity contribution in [1.29, 1.82) is 0 Å². The number of fused-ring (bicyclic) bond motifs is 1. The van der Waals surface area contributed by atoms with Gasteiger partial charge in [-0.2, -0.15) is 0 Å². The fraction of sp³-hybridized carbons (Fsp3) is 0.500. The van der Waals surface area contributed by atoms with Crippen LogP contribution < -0.4 is 23.8 Å². The van der Waals surface area contributed by atoms with Crippen LogP contribution in [-0.2, 0) is 26.2 Å². The largest absolute Gasteiger partial charge is 0.497 e. The zero-order valence-corrected chi connectivity index (χ0v) is 24.1. The Morgan fingerprint density at radius 1 is 1.08 bits per heavy atom. The van der Waals surface area contributed by atoms with Gasteiger partial charge in [-0.1, -0.05) is 26.0 Å². The predicted molar refractivity (Wildman–Crippen MR) is 150 cm³/mol. The van der Waals surface area contributed by atoms with Crippen molar-refractivity contribution in [2.24, 2.45) is 0 Å². The highest BCUT2D eigenvalue weighted by Gasteiger charge is 2.29. The quantitative estimate of drug-likeness (QED) is 0.374. The van der Waals surface area contributed by atoms with Crippen molar-refractivity contribution >= 4 is 27.5 Å². The van der Waals surface area contributed by atoms with Crippen LogP contribution in [0.15, 0.2) is 42.5 Å². The summed E-state index contributed by atoms with van der Waals surface area (Å²) in [5.41, 5.74) is 1.26. The molecule has 1 heterocycles. The summed E-state index contributed by atoms with van der Waals surface area (Å²) in [6.45, 7) is 6.18. The smallest absolute Gasteiger partial charge is 0.243 e. The van der Waals surface area contributed by atoms with Crippen LogP contribution in [0.5, 0.6) is 17.2 Å². The molecule has 2 atom stereocenters. The standard InChI is InChI=1S/C28H39N3O7S/c1-6-20(3)29-28(33)24(7-2)30(18-21-10-8-11-23(16-21)36-4)27(32)12-9-15-31(39(5,34)35)22-13-14-25-26(17-22)38-19-37-25/h8,10-11,13-14,16-17,20,24H,6-7,9,12,15,18-19H2,1-5H3,(H,29,33). The van der Waals surface area contributed by atoms with Crippen molar-refractivity contribution in [2.45, 2.75) is 65.1 Å². The summed E-state index contributed by atoms with van der Waals surface area (Å²) in [6.07, 6.45) is 2.66. The van der Waals surface area contributed by atoms with Crippen LogP contribution in [0.3, 0.4) is 0 Å². The van der Waals surface area contributed by atoms with Gasteiger partial charge in [0, 0.05) is 31.6 Å². The number of benzene rings is 2. The van der Waals surface area contributed by atoms with Crippen molar-refractivity contribution in [3.63, 3.8) is 0 Å². The molecule has 0 saturated heterocycles. The zero-order chi connectivity index (χ0) is 28.6. The van der Waals surface area contributed by atoms with E-state index in [4.69, 9.17) is 14.2 Å². The maximum atomic E-state index is 13.6. The summed E-state index contributed by atoms with van der Waals surface area (Å²) >= 11 is 0. The Kier molecular flexibility index (Phi) is 10.4. The second kappa shape index (κ2) is 13.5. The summed E-state index contributed by atoms with van der Waals surface area (Å²) in [7, 11) is -2.05. The summed E-state index contributed by atoms with van der Waals surface area (Å²) in [5, 5.41) is 2.99. The Hall–Kier alpha value is -3.47. The number of anilines is 1. The molecule has 2 aromatic rings. The van der Waals surface area contributed by atoms with E-state index in [0.29, 0.717) is 29.4 Å². The number of carbonyl (C=O) groups is 2. The SMILES string of the molecule is CCC(C)NC(=O)C(CC)N(Cc1cccc(OC)c1)C(=O)CCCN(c1ccc2c(c1)OCO2)S(C)(=O)=O. The van der Waals surface area contributed by atoms with E-state index in [1.165, 1.54) is 4.31 Å². The number of methoxy groups -OCH3 is 1. The Morgan fingerprint density at radius 2 is 1.82 bits per heavy atom. The van der Waals surface area contributed by atoms with Crippen LogP contribution in [0.2, 0.25) is 0 Å². The molecule has 2 aromatic carbocycles. The Morgan fingerprint density at radius 3 is 2.49 bits per heavy atom. The molecule has 0 aromatic heterocycles. The number of hydrogen-bond acceptors (Lipinski definition) is 7. The molecule has 214 valence electrons. The molecule has 1 aliphatic heterocycles. The first-order valence-corrected chi connectivity index (χ1v) is 15.0. The van der Waals surface area contributed by atoms with E-state index >= 15 is 0 Å². The van der Waals surface area contributed by atoms with Gasteiger partial charge in [-0.3, -0.25) is 13.9 Å². The first-order valence-electron chi connectivity index (χ1n) is 13.2. The van der Waals surface area contributed by atoms with E-state index in [-0.39, 0.29) is 50.6 Å². The van der Waals surface area contributed by atoms with Crippen LogP contribution in [-0.4, -0.2) is 63.9 Å². The number of sulfonamides is 1. The number of rotatable bonds is 14. The van der Waals surface area contributed by atoms with Gasteiger partial charge in [0.25, 0.3) is 0 Å². The van der Waals surface area contributed by atoms with E-state index in [2.05, 4.69) is 5.32 Å². The van der Waals surface area contributed by atoms with Gasteiger partial charge in [-0.25, -0.2) is 8.42 Å². The molecular weight excluding hydrogens is 522 g/mol. The molecule has 2 unspecified atom stereocenters. The molecule has 2 amide bonds. The Balaban J connectivity index is 1.78. The van der Waals surface area contributed by atoms with Gasteiger partial charge in [-0.05, 0) is 56.0 Å². The van der Waals surface area contributed by atoms with E-state index < -0.39 is 16.1 Å². The molecule has 0 fully saturated rings. The first-order chi connectivity index (χ1) is 18.6. The number of nitrogens with one attached hydrogen (secondary N) is 1. The lowest BCUT2D eigenvalue weighted by molar-refractivity contribution is -0.141. The molecule has 0 saturated carbocycles. The first kappa shape index (κ1) is 30.1. The zero-order valence-electron chi connectivity index (χ0n) is 23.3. The molecule has 1 aliphatic rings. The molecule has 39 heavy (non-hydrogen) atoms. The van der Waals surface area contributed by atoms with E-state index in [1.54, 1.807) is 30.2 Å². The third kappa shape index (κ3) is 8.01. The van der Waals surface area contributed by atoms with Crippen LogP contribution in [0.25, 0.3) is 0 Å². The Labute approximate surface area is 231 Å². The Bertz CT molecular complexity index is 1250. The van der Waals surface area contributed by atoms with Crippen molar-refractivity contribution in [2.75, 3.05) is 31.0 Å². The molecule has 0 bridgehead atoms. The van der Waals surface area contributed by atoms with Gasteiger partial charge in [-0.15, -0.1) is 0 Å². The monoisotopic (exact) mass is 561 g/mol. The van der Waals surface area contributed by atoms with E-state index in [9.17, 15) is 18.0 Å². The van der Waals surface area contributed by atoms with Gasteiger partial charge in [0.2, 0.25) is 28.6 Å². The third-order valence-corrected chi connectivity index (χ3v) is 7.86. The van der Waals surface area contributed by atoms with Crippen LogP contribution in [0.1, 0.15) is 52.0 Å². The van der Waals surface area contributed by atoms with Gasteiger partial charge < -0.3 is 24.4 Å². The van der Waals surface area contributed by atoms with Crippen LogP contribution >= 0.6 is 0 Å². The molecule has 0 spiro atoms. The molecular formula is C28H39N3O7S. The normalized spacial score (nSPS) is 13.9. The molecule has 10 nitrogen and oxygen atoms in total. The molecule has 1 N–H and O–H groups in total. The lowest BCUT2D eigenvalue weighted by atomic mass is 10.1. The number of hydrogen-bond donors (Lipinski definition) is 1. The summed E-state index contributed by atoms with van der Waals surface area (Å²) in [4.78, 5) is 28.3. The second-order valence-electron chi connectivity index (χ2n) is 9.59. The molecule has 3 rings (SSSR count). The predicted octanol–water partition coefficient (Wildman–Crippen LogP) is 3.69. The molecule has 11 heteroatoms. The van der Waals surface area contributed by atoms with Gasteiger partial charge in [0.05, 0.1) is 19.1 Å². The number of ether oxygens (including phenoxy) is 3. The van der Waals surface area contributed by atoms with E-state index in [1.807, 2.05) is 45.0 Å². The number of nitrogens with zero attached hydrogens (tertiary/aromatic N) is 2. The highest BCUT2D eigenvalue weighted by molar-refractivity contribution is 7.92. The molecule has 0 radical (unpaired) electrons. The fourth-order valence-corrected chi connectivity index (χ4v) is 5.33. The van der Waals surface area contributed by atoms with Crippen molar-refractivity contribution in [3.05, 3.63) is 48.0 Å². The average molecular weight is 562 g/mol. The summed E-state index contributed by atoms with van der Waals surface area (Å²) < 4.78 is 42.5. The van der Waals surface area contributed by atoms with Crippen LogP contribution in [0.4, 0.5) is 5.69 Å². The fourth-order valence-electron chi connectivity index (χ4n) is 4.37. The van der Waals surface area contributed by atoms with Crippen molar-refractivity contribution in [3.8, 4) is 17.2 Å². The van der Waals surface area contributed by atoms with Gasteiger partial charge >= 0.3 is 0 Å². The summed E-state index contributed by atoms with van der Waals surface area (Å²) in [5.74, 6) is 1.24. The maximum Gasteiger partial charge on any atom is 0.243 e. The summed E-state index contributed by atoms with van der Waals surface area (Å²) in [6, 6.07) is 11.6. The van der Waals surface area contributed by atoms with Gasteiger partial charge in [0.1, 0.15) is 11.8 Å². The van der Waals surface area contributed by atoms with E-state index in [0.717, 1.165) is 18.2 Å². The maximum absolute atomic E-state index is 13.6. The lowest BCUT2D eigenvalue weighted by Crippen LogP contribution is -2.50. The minimum Gasteiger partial charge on any atom is -0.497 e. The topological polar surface area (TPSA) is 114 Å². The molecule has 0 aliphatic carbocycles. The average Bonchev–Trinajstić information content (AvgIpc) is 3.38. The van der Waals surface area contributed by atoms with Gasteiger partial charge in [0.15, 0.2) is 11.5 Å². The minimum absolute atomic E-state index is 0.0228. The van der Waals surface area contributed by atoms with Crippen molar-refractivity contribution < 1.29 is 32.2 Å². The number of carbonyl (C=O) groups excluding carboxylic acids is 2.